The summed E-state index contributed by atoms with van der Waals surface area (Å²) in [5.41, 5.74) is 0. The molecule has 1 aliphatic carbocycles. The molecule has 0 radical (unpaired) electrons. The van der Waals surface area contributed by atoms with Crippen LogP contribution in [0.15, 0.2) is 0 Å². The van der Waals surface area contributed by atoms with Crippen LogP contribution < -0.4 is 5.32 Å². The predicted molar refractivity (Wildman–Crippen MR) is 65.2 cm³/mol. The zero-order valence-electron chi connectivity index (χ0n) is 9.98. The molecule has 4 nitrogen and oxygen atoms in total. The maximum Gasteiger partial charge on any atom is 0.151 e. The molecule has 1 saturated carbocycles. The van der Waals surface area contributed by atoms with Crippen LogP contribution in [-0.2, 0) is 9.84 Å². The van der Waals surface area contributed by atoms with Crippen LogP contribution in [0.25, 0.3) is 0 Å². The van der Waals surface area contributed by atoms with Crippen molar-refractivity contribution in [3.05, 3.63) is 0 Å². The maximum atomic E-state index is 11.4. The van der Waals surface area contributed by atoms with Gasteiger partial charge in [-0.3, -0.25) is 0 Å². The van der Waals surface area contributed by atoms with Crippen LogP contribution >= 0.6 is 0 Å². The lowest BCUT2D eigenvalue weighted by Gasteiger charge is -2.10. The Morgan fingerprint density at radius 3 is 2.62 bits per heavy atom. The highest BCUT2D eigenvalue weighted by atomic mass is 32.2. The smallest absolute Gasteiger partial charge is 0.151 e. The van der Waals surface area contributed by atoms with Gasteiger partial charge in [0.2, 0.25) is 0 Å². The topological polar surface area (TPSA) is 66.4 Å². The second-order valence-electron chi connectivity index (χ2n) is 4.69. The molecule has 2 N–H and O–H groups in total. The van der Waals surface area contributed by atoms with Crippen molar-refractivity contribution in [2.45, 2.75) is 38.7 Å². The number of rotatable bonds is 7. The molecule has 0 aromatic carbocycles. The first kappa shape index (κ1) is 13.9. The molecule has 0 spiro atoms. The Hall–Kier alpha value is -0.130. The van der Waals surface area contributed by atoms with Gasteiger partial charge in [-0.05, 0) is 38.1 Å². The molecular formula is C11H23NO3S. The minimum Gasteiger partial charge on any atom is -0.393 e. The fraction of sp³-hybridized carbons (Fsp3) is 1.00. The molecule has 0 aromatic heterocycles. The monoisotopic (exact) mass is 249 g/mol. The lowest BCUT2D eigenvalue weighted by Crippen LogP contribution is -2.28. The summed E-state index contributed by atoms with van der Waals surface area (Å²) < 4.78 is 22.8. The molecule has 0 heterocycles. The molecule has 5 heteroatoms. The van der Waals surface area contributed by atoms with Crippen LogP contribution in [0.2, 0.25) is 0 Å². The van der Waals surface area contributed by atoms with Gasteiger partial charge in [0.1, 0.15) is 0 Å². The van der Waals surface area contributed by atoms with Crippen molar-refractivity contribution in [3.63, 3.8) is 0 Å². The highest BCUT2D eigenvalue weighted by molar-refractivity contribution is 7.91. The van der Waals surface area contributed by atoms with Gasteiger partial charge < -0.3 is 10.4 Å². The van der Waals surface area contributed by atoms with Gasteiger partial charge >= 0.3 is 0 Å². The summed E-state index contributed by atoms with van der Waals surface area (Å²) in [5, 5.41) is 12.5. The van der Waals surface area contributed by atoms with Gasteiger partial charge in [-0.2, -0.15) is 0 Å². The number of nitrogens with one attached hydrogen (secondary N) is 1. The van der Waals surface area contributed by atoms with Gasteiger partial charge in [0.25, 0.3) is 0 Å². The maximum absolute atomic E-state index is 11.4. The van der Waals surface area contributed by atoms with E-state index >= 15 is 0 Å². The summed E-state index contributed by atoms with van der Waals surface area (Å²) in [6.45, 7) is 3.25. The van der Waals surface area contributed by atoms with Gasteiger partial charge in [0.05, 0.1) is 11.9 Å². The standard InChI is InChI=1S/C11H23NO3S/c1-2-6-16(14,15)7-5-12-9-10-3-4-11(13)8-10/h10-13H,2-9H2,1H3. The molecule has 16 heavy (non-hydrogen) atoms. The molecule has 1 fully saturated rings. The van der Waals surface area contributed by atoms with Crippen molar-refractivity contribution in [1.29, 1.82) is 0 Å². The number of hydrogen-bond acceptors (Lipinski definition) is 4. The molecule has 1 aliphatic rings. The fourth-order valence-corrected chi connectivity index (χ4v) is 3.46. The van der Waals surface area contributed by atoms with Gasteiger partial charge in [-0.25, -0.2) is 8.42 Å². The van der Waals surface area contributed by atoms with E-state index in [1.807, 2.05) is 6.92 Å². The van der Waals surface area contributed by atoms with E-state index in [0.717, 1.165) is 25.8 Å². The molecular weight excluding hydrogens is 226 g/mol. The van der Waals surface area contributed by atoms with Crippen LogP contribution in [0.4, 0.5) is 0 Å². The molecule has 0 saturated heterocycles. The summed E-state index contributed by atoms with van der Waals surface area (Å²) in [4.78, 5) is 0. The molecule has 0 amide bonds. The molecule has 0 bridgehead atoms. The van der Waals surface area contributed by atoms with E-state index in [0.29, 0.717) is 18.9 Å². The third-order valence-corrected chi connectivity index (χ3v) is 4.91. The number of aliphatic hydroxyl groups excluding tert-OH is 1. The lowest BCUT2D eigenvalue weighted by atomic mass is 10.1. The second kappa shape index (κ2) is 6.57. The van der Waals surface area contributed by atoms with Crippen molar-refractivity contribution in [2.24, 2.45) is 5.92 Å². The molecule has 0 aromatic rings. The van der Waals surface area contributed by atoms with Crippen molar-refractivity contribution in [2.75, 3.05) is 24.6 Å². The summed E-state index contributed by atoms with van der Waals surface area (Å²) >= 11 is 0. The third kappa shape index (κ3) is 5.27. The van der Waals surface area contributed by atoms with Crippen LogP contribution in [0, 0.1) is 5.92 Å². The summed E-state index contributed by atoms with van der Waals surface area (Å²) in [7, 11) is -2.85. The van der Waals surface area contributed by atoms with Gasteiger partial charge in [-0.1, -0.05) is 6.92 Å². The van der Waals surface area contributed by atoms with Crippen LogP contribution in [0.5, 0.6) is 0 Å². The molecule has 2 atom stereocenters. The quantitative estimate of drug-likeness (QED) is 0.647. The van der Waals surface area contributed by atoms with Gasteiger partial charge in [-0.15, -0.1) is 0 Å². The first-order chi connectivity index (χ1) is 7.53. The fourth-order valence-electron chi connectivity index (χ4n) is 2.18. The Morgan fingerprint density at radius 1 is 1.31 bits per heavy atom. The predicted octanol–water partition coefficient (Wildman–Crippen LogP) is 0.562. The van der Waals surface area contributed by atoms with E-state index in [4.69, 9.17) is 0 Å². The number of sulfone groups is 1. The Labute approximate surface area is 98.4 Å². The highest BCUT2D eigenvalue weighted by Gasteiger charge is 2.22. The molecule has 0 aliphatic heterocycles. The lowest BCUT2D eigenvalue weighted by molar-refractivity contribution is 0.177. The molecule has 1 rings (SSSR count). The van der Waals surface area contributed by atoms with Crippen molar-refractivity contribution in [1.82, 2.24) is 5.32 Å². The minimum atomic E-state index is -2.85. The minimum absolute atomic E-state index is 0.143. The normalized spacial score (nSPS) is 26.1. The van der Waals surface area contributed by atoms with Gasteiger partial charge in [0.15, 0.2) is 9.84 Å². The first-order valence-electron chi connectivity index (χ1n) is 6.12. The second-order valence-corrected chi connectivity index (χ2v) is 6.99. The number of hydrogen-bond donors (Lipinski definition) is 2. The van der Waals surface area contributed by atoms with E-state index in [1.54, 1.807) is 0 Å². The van der Waals surface area contributed by atoms with Crippen molar-refractivity contribution < 1.29 is 13.5 Å². The largest absolute Gasteiger partial charge is 0.393 e. The number of aliphatic hydroxyl groups is 1. The van der Waals surface area contributed by atoms with Crippen molar-refractivity contribution in [3.8, 4) is 0 Å². The Morgan fingerprint density at radius 2 is 2.06 bits per heavy atom. The SMILES string of the molecule is CCCS(=O)(=O)CCNCC1CCC(O)C1. The summed E-state index contributed by atoms with van der Waals surface area (Å²) in [5.74, 6) is 1.04. The van der Waals surface area contributed by atoms with Crippen LogP contribution in [0.1, 0.15) is 32.6 Å². The van der Waals surface area contributed by atoms with E-state index in [1.165, 1.54) is 0 Å². The summed E-state index contributed by atoms with van der Waals surface area (Å²) in [6.07, 6.45) is 3.35. The van der Waals surface area contributed by atoms with Crippen LogP contribution in [-0.4, -0.2) is 44.2 Å². The molecule has 2 unspecified atom stereocenters. The average molecular weight is 249 g/mol. The molecule has 96 valence electrons. The van der Waals surface area contributed by atoms with Crippen molar-refractivity contribution >= 4 is 9.84 Å². The Bertz CT molecular complexity index is 290. The van der Waals surface area contributed by atoms with E-state index in [-0.39, 0.29) is 17.6 Å². The van der Waals surface area contributed by atoms with E-state index in [9.17, 15) is 13.5 Å². The zero-order chi connectivity index (χ0) is 12.0. The highest BCUT2D eigenvalue weighted by Crippen LogP contribution is 2.24. The third-order valence-electron chi connectivity index (χ3n) is 3.05. The van der Waals surface area contributed by atoms with Crippen LogP contribution in [0.3, 0.4) is 0 Å². The van der Waals surface area contributed by atoms with E-state index < -0.39 is 9.84 Å². The Balaban J connectivity index is 2.08. The summed E-state index contributed by atoms with van der Waals surface area (Å²) in [6, 6.07) is 0. The Kier molecular flexibility index (Phi) is 5.72. The zero-order valence-corrected chi connectivity index (χ0v) is 10.8. The van der Waals surface area contributed by atoms with E-state index in [2.05, 4.69) is 5.32 Å². The first-order valence-corrected chi connectivity index (χ1v) is 7.95. The van der Waals surface area contributed by atoms with Gasteiger partial charge in [0, 0.05) is 12.3 Å². The average Bonchev–Trinajstić information content (AvgIpc) is 2.59.